The van der Waals surface area contributed by atoms with E-state index in [9.17, 15) is 10.4 Å². The number of nitrogens with zero attached hydrogens (tertiary/aromatic N) is 2. The smallest absolute Gasteiger partial charge is 0.164 e. The molecule has 0 aromatic heterocycles. The first kappa shape index (κ1) is 12.9. The molecule has 2 N–H and O–H groups in total. The predicted molar refractivity (Wildman–Crippen MR) is 67.3 cm³/mol. The number of hydrogen-bond acceptors (Lipinski definition) is 4. The Morgan fingerprint density at radius 3 is 1.94 bits per heavy atom. The summed E-state index contributed by atoms with van der Waals surface area (Å²) in [5.74, 6) is 0.227. The summed E-state index contributed by atoms with van der Waals surface area (Å²) in [5, 5.41) is 31.9. The van der Waals surface area contributed by atoms with Gasteiger partial charge in [-0.2, -0.15) is 5.06 Å². The minimum atomic E-state index is -0.739. The molecule has 97 valence electrons. The van der Waals surface area contributed by atoms with Gasteiger partial charge in [0, 0.05) is 5.57 Å². The number of rotatable bonds is 0. The van der Waals surface area contributed by atoms with Crippen molar-refractivity contribution in [1.29, 1.82) is 5.41 Å². The summed E-state index contributed by atoms with van der Waals surface area (Å²) in [7, 11) is 0. The van der Waals surface area contributed by atoms with E-state index in [-0.39, 0.29) is 5.82 Å². The maximum absolute atomic E-state index is 12.4. The van der Waals surface area contributed by atoms with Gasteiger partial charge in [0.1, 0.15) is 0 Å². The molecule has 5 heteroatoms. The zero-order chi connectivity index (χ0) is 13.7. The van der Waals surface area contributed by atoms with E-state index in [4.69, 9.17) is 5.41 Å². The highest BCUT2D eigenvalue weighted by atomic mass is 16.6. The minimum Gasteiger partial charge on any atom is -0.301 e. The van der Waals surface area contributed by atoms with Gasteiger partial charge in [0.25, 0.3) is 0 Å². The average molecular weight is 248 g/mol. The summed E-state index contributed by atoms with van der Waals surface area (Å²) in [5.41, 5.74) is -0.444. The van der Waals surface area contributed by atoms with Crippen LogP contribution >= 0.6 is 0 Å². The molecule has 1 fully saturated rings. The van der Waals surface area contributed by atoms with Gasteiger partial charge in [-0.1, -0.05) is 5.21 Å². The molecule has 2 rings (SSSR count). The molecular weight excluding hydrogens is 230 g/mol. The fraction of sp³-hybridized carbons (Fsp3) is 0.462. The molecule has 0 aromatic carbocycles. The lowest BCUT2D eigenvalue weighted by Gasteiger charge is -2.36. The summed E-state index contributed by atoms with van der Waals surface area (Å²) in [6, 6.07) is 0. The van der Waals surface area contributed by atoms with Crippen LogP contribution in [-0.4, -0.2) is 32.1 Å². The van der Waals surface area contributed by atoms with Gasteiger partial charge in [0.05, 0.1) is 16.8 Å². The van der Waals surface area contributed by atoms with Gasteiger partial charge < -0.3 is 5.41 Å². The molecule has 18 heavy (non-hydrogen) atoms. The summed E-state index contributed by atoms with van der Waals surface area (Å²) < 4.78 is 0. The Kier molecular flexibility index (Phi) is 2.64. The third-order valence-corrected chi connectivity index (χ3v) is 4.07. The van der Waals surface area contributed by atoms with Gasteiger partial charge in [0.15, 0.2) is 5.82 Å². The van der Waals surface area contributed by atoms with Gasteiger partial charge in [-0.05, 0) is 52.0 Å². The zero-order valence-corrected chi connectivity index (χ0v) is 11.1. The van der Waals surface area contributed by atoms with Crippen LogP contribution < -0.4 is 0 Å². The molecule has 0 saturated carbocycles. The normalized spacial score (nSPS) is 25.3. The highest BCUT2D eigenvalue weighted by Gasteiger charge is 2.56. The van der Waals surface area contributed by atoms with E-state index in [1.807, 2.05) is 13.8 Å². The van der Waals surface area contributed by atoms with Crippen molar-refractivity contribution in [3.05, 3.63) is 35.7 Å². The minimum absolute atomic E-state index is 0.227. The molecule has 0 unspecified atom stereocenters. The Morgan fingerprint density at radius 2 is 1.56 bits per heavy atom. The number of hydroxylamine groups is 4. The second-order valence-electron chi connectivity index (χ2n) is 5.63. The van der Waals surface area contributed by atoms with Crippen LogP contribution in [0.2, 0.25) is 0 Å². The largest absolute Gasteiger partial charge is 0.301 e. The van der Waals surface area contributed by atoms with Crippen LogP contribution in [0.5, 0.6) is 0 Å². The first-order valence-corrected chi connectivity index (χ1v) is 5.85. The van der Waals surface area contributed by atoms with Crippen LogP contribution in [-0.2, 0) is 5.21 Å². The first-order valence-electron chi connectivity index (χ1n) is 5.85. The maximum atomic E-state index is 12.4. The van der Waals surface area contributed by atoms with Gasteiger partial charge in [-0.25, -0.2) is 5.06 Å². The molecule has 1 radical (unpaired) electrons. The quantitative estimate of drug-likeness (QED) is 0.690. The second kappa shape index (κ2) is 3.70. The Hall–Kier alpha value is -1.59. The Balaban J connectivity index is 2.54. The maximum Gasteiger partial charge on any atom is 0.164 e. The predicted octanol–water partition coefficient (Wildman–Crippen LogP) is 2.25. The van der Waals surface area contributed by atoms with E-state index in [0.717, 1.165) is 10.1 Å². The van der Waals surface area contributed by atoms with Crippen LogP contribution in [0.1, 0.15) is 27.7 Å². The van der Waals surface area contributed by atoms with Crippen LogP contribution in [0.15, 0.2) is 35.7 Å². The topological polar surface area (TPSA) is 70.5 Å². The summed E-state index contributed by atoms with van der Waals surface area (Å²) in [6.07, 6.45) is 6.54. The van der Waals surface area contributed by atoms with Crippen molar-refractivity contribution in [1.82, 2.24) is 10.1 Å². The van der Waals surface area contributed by atoms with Crippen molar-refractivity contribution in [2.24, 2.45) is 0 Å². The van der Waals surface area contributed by atoms with Crippen LogP contribution in [0, 0.1) is 5.41 Å². The molecule has 1 heterocycles. The van der Waals surface area contributed by atoms with Crippen molar-refractivity contribution in [3.8, 4) is 0 Å². The molecule has 0 amide bonds. The summed E-state index contributed by atoms with van der Waals surface area (Å²) >= 11 is 0. The molecule has 5 nitrogen and oxygen atoms in total. The van der Waals surface area contributed by atoms with E-state index in [1.165, 1.54) is 0 Å². The monoisotopic (exact) mass is 248 g/mol. The standard InChI is InChI=1S/C13H18N3O2/c1-12(2)13(3,4)16(18)11(15(12)17)9-5-7-10(14)8-6-9/h5-8,14,17H,1-4H3. The van der Waals surface area contributed by atoms with Crippen LogP contribution in [0.3, 0.4) is 0 Å². The van der Waals surface area contributed by atoms with Crippen molar-refractivity contribution in [2.75, 3.05) is 0 Å². The summed E-state index contributed by atoms with van der Waals surface area (Å²) in [4.78, 5) is 0. The zero-order valence-electron chi connectivity index (χ0n) is 11.1. The van der Waals surface area contributed by atoms with Crippen molar-refractivity contribution in [3.63, 3.8) is 0 Å². The lowest BCUT2D eigenvalue weighted by atomic mass is 9.84. The second-order valence-corrected chi connectivity index (χ2v) is 5.63. The van der Waals surface area contributed by atoms with Gasteiger partial charge in [-0.3, -0.25) is 5.21 Å². The van der Waals surface area contributed by atoms with E-state index >= 15 is 0 Å². The lowest BCUT2D eigenvalue weighted by Crippen LogP contribution is -2.52. The first-order chi connectivity index (χ1) is 8.19. The molecule has 1 aliphatic heterocycles. The molecular formula is C13H18N3O2. The molecule has 0 spiro atoms. The van der Waals surface area contributed by atoms with Gasteiger partial charge in [0.2, 0.25) is 0 Å². The van der Waals surface area contributed by atoms with E-state index in [0.29, 0.717) is 11.3 Å². The van der Waals surface area contributed by atoms with Crippen molar-refractivity contribution < 1.29 is 10.4 Å². The van der Waals surface area contributed by atoms with Gasteiger partial charge >= 0.3 is 0 Å². The van der Waals surface area contributed by atoms with E-state index < -0.39 is 11.1 Å². The Labute approximate surface area is 107 Å². The number of hydrogen-bond donors (Lipinski definition) is 2. The van der Waals surface area contributed by atoms with Gasteiger partial charge in [-0.15, -0.1) is 0 Å². The average Bonchev–Trinajstić information content (AvgIpc) is 2.41. The van der Waals surface area contributed by atoms with E-state index in [2.05, 4.69) is 0 Å². The lowest BCUT2D eigenvalue weighted by molar-refractivity contribution is -0.181. The molecule has 1 saturated heterocycles. The molecule has 0 atom stereocenters. The third kappa shape index (κ3) is 1.51. The number of nitrogens with one attached hydrogen (secondary N) is 1. The molecule has 1 aliphatic carbocycles. The molecule has 0 bridgehead atoms. The molecule has 0 aromatic rings. The number of allylic oxidation sites excluding steroid dienone is 5. The SMILES string of the molecule is CC1(C)N([O])C(=C2C=CC(=N)C=C2)N(O)C1(C)C. The van der Waals surface area contributed by atoms with Crippen LogP contribution in [0.4, 0.5) is 0 Å². The van der Waals surface area contributed by atoms with E-state index in [1.54, 1.807) is 38.2 Å². The van der Waals surface area contributed by atoms with Crippen LogP contribution in [0.25, 0.3) is 0 Å². The van der Waals surface area contributed by atoms with Crippen molar-refractivity contribution in [2.45, 2.75) is 38.8 Å². The Morgan fingerprint density at radius 1 is 1.06 bits per heavy atom. The highest BCUT2D eigenvalue weighted by Crippen LogP contribution is 2.44. The fourth-order valence-corrected chi connectivity index (χ4v) is 1.98. The third-order valence-electron chi connectivity index (χ3n) is 4.07. The molecule has 2 aliphatic rings. The van der Waals surface area contributed by atoms with Crippen molar-refractivity contribution >= 4 is 5.71 Å². The fourth-order valence-electron chi connectivity index (χ4n) is 1.98. The Bertz CT molecular complexity index is 446. The summed E-state index contributed by atoms with van der Waals surface area (Å²) in [6.45, 7) is 7.25. The highest BCUT2D eigenvalue weighted by molar-refractivity contribution is 6.03.